The summed E-state index contributed by atoms with van der Waals surface area (Å²) in [6, 6.07) is 0. The van der Waals surface area contributed by atoms with Gasteiger partial charge in [0, 0.05) is 13.6 Å². The van der Waals surface area contributed by atoms with Crippen LogP contribution >= 0.6 is 15.9 Å². The molecule has 0 saturated carbocycles. The molecule has 108 valence electrons. The molecule has 0 radical (unpaired) electrons. The number of nitrogens with one attached hydrogen (secondary N) is 2. The first-order chi connectivity index (χ1) is 9.67. The highest BCUT2D eigenvalue weighted by Gasteiger charge is 2.10. The minimum atomic E-state index is -0.212. The Hall–Kier alpha value is -1.70. The van der Waals surface area contributed by atoms with Crippen LogP contribution < -0.4 is 11.2 Å². The van der Waals surface area contributed by atoms with Crippen molar-refractivity contribution in [1.82, 2.24) is 19.5 Å². The van der Waals surface area contributed by atoms with Crippen LogP contribution in [-0.2, 0) is 6.54 Å². The van der Waals surface area contributed by atoms with Crippen molar-refractivity contribution in [2.24, 2.45) is 9.98 Å². The third-order valence-electron chi connectivity index (χ3n) is 2.91. The van der Waals surface area contributed by atoms with E-state index in [0.29, 0.717) is 27.9 Å². The molecule has 0 atom stereocenters. The summed E-state index contributed by atoms with van der Waals surface area (Å²) < 4.78 is 2.20. The Morgan fingerprint density at radius 2 is 2.20 bits per heavy atom. The quantitative estimate of drug-likeness (QED) is 0.374. The Morgan fingerprint density at radius 3 is 2.90 bits per heavy atom. The van der Waals surface area contributed by atoms with Crippen LogP contribution in [0.2, 0.25) is 0 Å². The standard InChI is InChI=1S/C12H17BrN6O/c1-3-4-5-6-19-10-8(16-11(13)18-10)9(15-7-14-2)17-12(19)20/h7H,3-6H2,1-2H3,(H,16,18)(H,14,15,17,20). The van der Waals surface area contributed by atoms with Gasteiger partial charge in [-0.15, -0.1) is 0 Å². The molecule has 0 aliphatic heterocycles. The van der Waals surface area contributed by atoms with E-state index in [4.69, 9.17) is 0 Å². The maximum Gasteiger partial charge on any atom is 0.328 e. The molecule has 2 rings (SSSR count). The molecule has 20 heavy (non-hydrogen) atoms. The molecule has 2 aromatic rings. The molecule has 0 fully saturated rings. The van der Waals surface area contributed by atoms with Crippen LogP contribution in [0, 0.1) is 0 Å². The first-order valence-electron chi connectivity index (χ1n) is 6.50. The molecule has 0 unspecified atom stereocenters. The van der Waals surface area contributed by atoms with Gasteiger partial charge in [-0.25, -0.2) is 14.8 Å². The first-order valence-corrected chi connectivity index (χ1v) is 7.29. The van der Waals surface area contributed by atoms with Crippen molar-refractivity contribution < 1.29 is 0 Å². The lowest BCUT2D eigenvalue weighted by atomic mass is 10.2. The van der Waals surface area contributed by atoms with Crippen LogP contribution in [0.4, 0.5) is 0 Å². The van der Waals surface area contributed by atoms with Gasteiger partial charge in [-0.3, -0.25) is 14.5 Å². The predicted molar refractivity (Wildman–Crippen MR) is 81.9 cm³/mol. The van der Waals surface area contributed by atoms with E-state index in [0.717, 1.165) is 19.3 Å². The first kappa shape index (κ1) is 14.7. The van der Waals surface area contributed by atoms with Crippen molar-refractivity contribution in [2.45, 2.75) is 32.7 Å². The lowest BCUT2D eigenvalue weighted by Gasteiger charge is -2.05. The normalized spacial score (nSPS) is 12.8. The average Bonchev–Trinajstić information content (AvgIpc) is 2.81. The number of hydrogen-bond acceptors (Lipinski definition) is 3. The van der Waals surface area contributed by atoms with Crippen molar-refractivity contribution in [2.75, 3.05) is 7.05 Å². The van der Waals surface area contributed by atoms with Gasteiger partial charge in [-0.05, 0) is 22.4 Å². The van der Waals surface area contributed by atoms with E-state index in [2.05, 4.69) is 47.8 Å². The fraction of sp³-hybridized carbons (Fsp3) is 0.500. The zero-order chi connectivity index (χ0) is 14.5. The second-order valence-corrected chi connectivity index (χ2v) is 5.12. The number of unbranched alkanes of at least 4 members (excludes halogenated alkanes) is 2. The van der Waals surface area contributed by atoms with Crippen molar-refractivity contribution in [3.8, 4) is 0 Å². The summed E-state index contributed by atoms with van der Waals surface area (Å²) in [6.45, 7) is 2.76. The van der Waals surface area contributed by atoms with Crippen molar-refractivity contribution in [1.29, 1.82) is 0 Å². The number of rotatable bonds is 5. The predicted octanol–water partition coefficient (Wildman–Crippen LogP) is 1.56. The maximum absolute atomic E-state index is 12.2. The fourth-order valence-electron chi connectivity index (χ4n) is 1.96. The molecule has 0 amide bonds. The Balaban J connectivity index is 2.60. The number of halogens is 1. The minimum Gasteiger partial charge on any atom is -0.328 e. The van der Waals surface area contributed by atoms with Crippen LogP contribution in [0.3, 0.4) is 0 Å². The number of imidazole rings is 1. The molecule has 0 aliphatic rings. The van der Waals surface area contributed by atoms with E-state index in [-0.39, 0.29) is 5.69 Å². The highest BCUT2D eigenvalue weighted by molar-refractivity contribution is 9.10. The molecule has 0 aromatic carbocycles. The van der Waals surface area contributed by atoms with E-state index >= 15 is 0 Å². The van der Waals surface area contributed by atoms with Gasteiger partial charge in [0.15, 0.2) is 15.9 Å². The second kappa shape index (κ2) is 6.65. The summed E-state index contributed by atoms with van der Waals surface area (Å²) >= 11 is 3.30. The number of aromatic amines is 2. The Morgan fingerprint density at radius 1 is 1.40 bits per heavy atom. The van der Waals surface area contributed by atoms with Crippen molar-refractivity contribution in [3.05, 3.63) is 20.7 Å². The van der Waals surface area contributed by atoms with Crippen LogP contribution in [0.25, 0.3) is 11.2 Å². The van der Waals surface area contributed by atoms with Gasteiger partial charge < -0.3 is 4.98 Å². The molecule has 2 aromatic heterocycles. The largest absolute Gasteiger partial charge is 0.328 e. The topological polar surface area (TPSA) is 91.2 Å². The van der Waals surface area contributed by atoms with E-state index in [1.165, 1.54) is 6.34 Å². The molecule has 2 N–H and O–H groups in total. The number of hydrogen-bond donors (Lipinski definition) is 2. The third kappa shape index (κ3) is 3.06. The Bertz CT molecular complexity index is 738. The van der Waals surface area contributed by atoms with Gasteiger partial charge in [0.05, 0.1) is 0 Å². The molecule has 8 heteroatoms. The molecule has 0 bridgehead atoms. The molecular weight excluding hydrogens is 324 g/mol. The highest BCUT2D eigenvalue weighted by atomic mass is 79.9. The summed E-state index contributed by atoms with van der Waals surface area (Å²) in [6.07, 6.45) is 4.51. The number of aromatic nitrogens is 4. The number of nitrogens with zero attached hydrogens (tertiary/aromatic N) is 4. The van der Waals surface area contributed by atoms with Crippen molar-refractivity contribution >= 4 is 33.4 Å². The lowest BCUT2D eigenvalue weighted by molar-refractivity contribution is 0.588. The Labute approximate surface area is 124 Å². The van der Waals surface area contributed by atoms with Gasteiger partial charge in [0.2, 0.25) is 0 Å². The van der Waals surface area contributed by atoms with Crippen LogP contribution in [0.5, 0.6) is 0 Å². The summed E-state index contributed by atoms with van der Waals surface area (Å²) in [5.74, 6) is 0. The smallest absolute Gasteiger partial charge is 0.328 e. The molecule has 7 nitrogen and oxygen atoms in total. The van der Waals surface area contributed by atoms with E-state index in [1.807, 2.05) is 0 Å². The van der Waals surface area contributed by atoms with Gasteiger partial charge in [0.1, 0.15) is 11.9 Å². The molecular formula is C12H17BrN6O. The molecule has 0 saturated heterocycles. The van der Waals surface area contributed by atoms with Gasteiger partial charge >= 0.3 is 5.69 Å². The SMILES string of the molecule is CCCCCn1c(=O)[nH]/c(=N\C=N/C)c2[nH]c(Br)nc21. The van der Waals surface area contributed by atoms with Crippen molar-refractivity contribution in [3.63, 3.8) is 0 Å². The van der Waals surface area contributed by atoms with E-state index < -0.39 is 0 Å². The Kier molecular flexibility index (Phi) is 4.89. The number of H-pyrrole nitrogens is 2. The van der Waals surface area contributed by atoms with E-state index in [1.54, 1.807) is 11.6 Å². The summed E-state index contributed by atoms with van der Waals surface area (Å²) in [4.78, 5) is 30.2. The monoisotopic (exact) mass is 340 g/mol. The maximum atomic E-state index is 12.2. The molecule has 2 heterocycles. The molecule has 0 spiro atoms. The zero-order valence-corrected chi connectivity index (χ0v) is 13.1. The summed E-state index contributed by atoms with van der Waals surface area (Å²) in [7, 11) is 1.62. The number of fused-ring (bicyclic) bond motifs is 1. The van der Waals surface area contributed by atoms with Gasteiger partial charge in [0.25, 0.3) is 0 Å². The minimum absolute atomic E-state index is 0.212. The van der Waals surface area contributed by atoms with Gasteiger partial charge in [-0.2, -0.15) is 0 Å². The van der Waals surface area contributed by atoms with Gasteiger partial charge in [-0.1, -0.05) is 19.8 Å². The van der Waals surface area contributed by atoms with E-state index in [9.17, 15) is 4.79 Å². The lowest BCUT2D eigenvalue weighted by Crippen LogP contribution is -2.31. The van der Waals surface area contributed by atoms with Crippen LogP contribution in [-0.4, -0.2) is 32.9 Å². The number of aliphatic imine (C=N–C) groups is 1. The molecule has 0 aliphatic carbocycles. The van der Waals surface area contributed by atoms with Crippen LogP contribution in [0.15, 0.2) is 19.5 Å². The second-order valence-electron chi connectivity index (χ2n) is 4.37. The average molecular weight is 341 g/mol. The fourth-order valence-corrected chi connectivity index (χ4v) is 2.33. The third-order valence-corrected chi connectivity index (χ3v) is 3.28. The van der Waals surface area contributed by atoms with Crippen LogP contribution in [0.1, 0.15) is 26.2 Å². The zero-order valence-electron chi connectivity index (χ0n) is 11.5. The summed E-state index contributed by atoms with van der Waals surface area (Å²) in [5.41, 5.74) is 1.50. The highest BCUT2D eigenvalue weighted by Crippen LogP contribution is 2.10. The summed E-state index contributed by atoms with van der Waals surface area (Å²) in [5, 5.41) is 0. The number of aryl methyl sites for hydroxylation is 1.